The molecule has 1 amide bonds. The first-order valence-corrected chi connectivity index (χ1v) is 4.55. The summed E-state index contributed by atoms with van der Waals surface area (Å²) in [4.78, 5) is 10.9. The molecule has 0 aromatic rings. The Labute approximate surface area is 71.1 Å². The van der Waals surface area contributed by atoms with E-state index < -0.39 is 0 Å². The average molecular weight is 174 g/mol. The smallest absolute Gasteiger partial charge is 0.220 e. The Morgan fingerprint density at radius 3 is 2.45 bits per heavy atom. The molecular formula is C8H12ClNO. The van der Waals surface area contributed by atoms with Crippen LogP contribution in [0.5, 0.6) is 0 Å². The number of rotatable bonds is 1. The van der Waals surface area contributed by atoms with E-state index in [1.54, 1.807) is 0 Å². The summed E-state index contributed by atoms with van der Waals surface area (Å²) >= 11 is 6.04. The second kappa shape index (κ2) is 2.37. The summed E-state index contributed by atoms with van der Waals surface area (Å²) in [5.41, 5.74) is 5.25. The lowest BCUT2D eigenvalue weighted by atomic mass is 9.88. The number of nitrogens with two attached hydrogens (primary N) is 1. The Bertz CT molecular complexity index is 195. The molecule has 0 saturated heterocycles. The maximum absolute atomic E-state index is 10.9. The summed E-state index contributed by atoms with van der Waals surface area (Å²) < 4.78 is 0. The fourth-order valence-electron chi connectivity index (χ4n) is 2.59. The molecule has 0 aliphatic heterocycles. The molecule has 0 radical (unpaired) electrons. The number of fused-ring (bicyclic) bond motifs is 2. The van der Waals surface area contributed by atoms with E-state index >= 15 is 0 Å². The average Bonchev–Trinajstić information content (AvgIpc) is 2.43. The summed E-state index contributed by atoms with van der Waals surface area (Å²) in [6.45, 7) is 0. The summed E-state index contributed by atoms with van der Waals surface area (Å²) in [5.74, 6) is 0.998. The first kappa shape index (κ1) is 7.41. The van der Waals surface area contributed by atoms with Crippen LogP contribution in [-0.4, -0.2) is 11.3 Å². The fourth-order valence-corrected chi connectivity index (χ4v) is 3.12. The van der Waals surface area contributed by atoms with Crippen molar-refractivity contribution in [2.24, 2.45) is 23.5 Å². The molecule has 3 heteroatoms. The highest BCUT2D eigenvalue weighted by atomic mass is 35.5. The standard InChI is InChI=1S/C8H12ClNO/c9-7-3-4-1-5(7)6(2-4)8(10)11/h4-7H,1-3H2,(H2,10,11)/t4-,5-,6-,7-/m1/s1. The Morgan fingerprint density at radius 1 is 1.36 bits per heavy atom. The van der Waals surface area contributed by atoms with Crippen molar-refractivity contribution in [2.75, 3.05) is 0 Å². The third-order valence-electron chi connectivity index (χ3n) is 3.10. The SMILES string of the molecule is NC(=O)[C@@H]1C[C@H]2C[C@H]1[C@H](Cl)C2. The van der Waals surface area contributed by atoms with Gasteiger partial charge in [0.05, 0.1) is 0 Å². The summed E-state index contributed by atoms with van der Waals surface area (Å²) in [6, 6.07) is 0. The van der Waals surface area contributed by atoms with Crippen LogP contribution in [0.1, 0.15) is 19.3 Å². The molecule has 2 nitrogen and oxygen atoms in total. The number of carbonyl (C=O) groups excluding carboxylic acids is 1. The second-order valence-electron chi connectivity index (χ2n) is 3.76. The number of hydrogen-bond donors (Lipinski definition) is 1. The molecule has 0 aromatic heterocycles. The van der Waals surface area contributed by atoms with Gasteiger partial charge in [0.2, 0.25) is 5.91 Å². The van der Waals surface area contributed by atoms with E-state index in [1.165, 1.54) is 0 Å². The van der Waals surface area contributed by atoms with E-state index in [9.17, 15) is 4.79 Å². The van der Waals surface area contributed by atoms with Crippen molar-refractivity contribution in [1.29, 1.82) is 0 Å². The monoisotopic (exact) mass is 173 g/mol. The Morgan fingerprint density at radius 2 is 2.09 bits per heavy atom. The van der Waals surface area contributed by atoms with Crippen molar-refractivity contribution in [3.8, 4) is 0 Å². The zero-order valence-electron chi connectivity index (χ0n) is 6.29. The molecule has 2 rings (SSSR count). The predicted molar refractivity (Wildman–Crippen MR) is 43.2 cm³/mol. The minimum absolute atomic E-state index is 0.0799. The molecule has 2 aliphatic carbocycles. The van der Waals surface area contributed by atoms with Crippen molar-refractivity contribution in [3.63, 3.8) is 0 Å². The van der Waals surface area contributed by atoms with Crippen LogP contribution in [0.25, 0.3) is 0 Å². The van der Waals surface area contributed by atoms with Crippen LogP contribution in [0.15, 0.2) is 0 Å². The molecule has 0 spiro atoms. The van der Waals surface area contributed by atoms with Gasteiger partial charge in [0.25, 0.3) is 0 Å². The van der Waals surface area contributed by atoms with Gasteiger partial charge in [0.15, 0.2) is 0 Å². The maximum atomic E-state index is 10.9. The zero-order valence-corrected chi connectivity index (χ0v) is 7.05. The molecule has 0 aromatic carbocycles. The van der Waals surface area contributed by atoms with Crippen LogP contribution in [-0.2, 0) is 4.79 Å². The number of hydrogen-bond acceptors (Lipinski definition) is 1. The van der Waals surface area contributed by atoms with Gasteiger partial charge in [-0.2, -0.15) is 0 Å². The van der Waals surface area contributed by atoms with Crippen molar-refractivity contribution in [2.45, 2.75) is 24.6 Å². The first-order valence-electron chi connectivity index (χ1n) is 4.12. The third kappa shape index (κ3) is 1.04. The summed E-state index contributed by atoms with van der Waals surface area (Å²) in [7, 11) is 0. The molecule has 2 bridgehead atoms. The van der Waals surface area contributed by atoms with Gasteiger partial charge < -0.3 is 5.73 Å². The van der Waals surface area contributed by atoms with Gasteiger partial charge in [-0.3, -0.25) is 4.79 Å². The summed E-state index contributed by atoms with van der Waals surface area (Å²) in [6.07, 6.45) is 3.21. The predicted octanol–water partition coefficient (Wildman–Crippen LogP) is 1.13. The minimum Gasteiger partial charge on any atom is -0.369 e. The Kier molecular flexibility index (Phi) is 1.60. The van der Waals surface area contributed by atoms with E-state index in [-0.39, 0.29) is 17.2 Å². The molecule has 11 heavy (non-hydrogen) atoms. The maximum Gasteiger partial charge on any atom is 0.220 e. The van der Waals surface area contributed by atoms with E-state index in [0.29, 0.717) is 11.8 Å². The molecule has 2 fully saturated rings. The van der Waals surface area contributed by atoms with Crippen LogP contribution in [0.4, 0.5) is 0 Å². The molecular weight excluding hydrogens is 162 g/mol. The third-order valence-corrected chi connectivity index (χ3v) is 3.60. The number of alkyl halides is 1. The first-order chi connectivity index (χ1) is 5.18. The number of halogens is 1. The highest BCUT2D eigenvalue weighted by molar-refractivity contribution is 6.21. The normalized spacial score (nSPS) is 48.1. The quantitative estimate of drug-likeness (QED) is 0.594. The second-order valence-corrected chi connectivity index (χ2v) is 4.32. The van der Waals surface area contributed by atoms with Crippen LogP contribution < -0.4 is 5.73 Å². The van der Waals surface area contributed by atoms with Crippen LogP contribution in [0.3, 0.4) is 0 Å². The van der Waals surface area contributed by atoms with E-state index in [2.05, 4.69) is 0 Å². The topological polar surface area (TPSA) is 43.1 Å². The molecule has 2 aliphatic rings. The summed E-state index contributed by atoms with van der Waals surface area (Å²) in [5, 5.41) is 0.214. The van der Waals surface area contributed by atoms with Gasteiger partial charge in [-0.05, 0) is 31.1 Å². The van der Waals surface area contributed by atoms with Crippen molar-refractivity contribution >= 4 is 17.5 Å². The molecule has 4 atom stereocenters. The van der Waals surface area contributed by atoms with Gasteiger partial charge >= 0.3 is 0 Å². The Balaban J connectivity index is 2.12. The Hall–Kier alpha value is -0.240. The highest BCUT2D eigenvalue weighted by Gasteiger charge is 2.47. The lowest BCUT2D eigenvalue weighted by Crippen LogP contribution is -2.32. The van der Waals surface area contributed by atoms with Gasteiger partial charge in [0, 0.05) is 11.3 Å². The van der Waals surface area contributed by atoms with Crippen LogP contribution in [0.2, 0.25) is 0 Å². The van der Waals surface area contributed by atoms with Crippen molar-refractivity contribution < 1.29 is 4.79 Å². The largest absolute Gasteiger partial charge is 0.369 e. The highest BCUT2D eigenvalue weighted by Crippen LogP contribution is 2.50. The number of carbonyl (C=O) groups is 1. The van der Waals surface area contributed by atoms with Gasteiger partial charge in [-0.25, -0.2) is 0 Å². The van der Waals surface area contributed by atoms with E-state index in [0.717, 1.165) is 19.3 Å². The lowest BCUT2D eigenvalue weighted by Gasteiger charge is -2.22. The molecule has 0 unspecified atom stereocenters. The van der Waals surface area contributed by atoms with Gasteiger partial charge in [0.1, 0.15) is 0 Å². The number of amides is 1. The van der Waals surface area contributed by atoms with Crippen LogP contribution >= 0.6 is 11.6 Å². The van der Waals surface area contributed by atoms with E-state index in [1.807, 2.05) is 0 Å². The molecule has 0 heterocycles. The lowest BCUT2D eigenvalue weighted by molar-refractivity contribution is -0.123. The van der Waals surface area contributed by atoms with Gasteiger partial charge in [-0.1, -0.05) is 0 Å². The van der Waals surface area contributed by atoms with Crippen molar-refractivity contribution in [1.82, 2.24) is 0 Å². The minimum atomic E-state index is -0.150. The van der Waals surface area contributed by atoms with Gasteiger partial charge in [-0.15, -0.1) is 11.6 Å². The van der Waals surface area contributed by atoms with Crippen molar-refractivity contribution in [3.05, 3.63) is 0 Å². The molecule has 62 valence electrons. The molecule has 2 saturated carbocycles. The zero-order chi connectivity index (χ0) is 8.01. The van der Waals surface area contributed by atoms with Crippen LogP contribution in [0, 0.1) is 17.8 Å². The fraction of sp³-hybridized carbons (Fsp3) is 0.875. The number of primary amides is 1. The molecule has 2 N–H and O–H groups in total. The van der Waals surface area contributed by atoms with E-state index in [4.69, 9.17) is 17.3 Å².